The highest BCUT2D eigenvalue weighted by atomic mass is 16.4. The third-order valence-electron chi connectivity index (χ3n) is 3.09. The average Bonchev–Trinajstić information content (AvgIpc) is 2.21. The Kier molecular flexibility index (Phi) is 6.26. The molecule has 0 fully saturated rings. The summed E-state index contributed by atoms with van der Waals surface area (Å²) in [5, 5.41) is 11.8. The Morgan fingerprint density at radius 3 is 2.05 bits per heavy atom. The van der Waals surface area contributed by atoms with Crippen LogP contribution in [0.3, 0.4) is 0 Å². The van der Waals surface area contributed by atoms with Crippen LogP contribution in [-0.2, 0) is 4.79 Å². The SMILES string of the molecule is C=CCN(C(=O)NC(CC(=O)O)C(C)(C)C)C(C)(C)C. The molecule has 0 radical (unpaired) electrons. The summed E-state index contributed by atoms with van der Waals surface area (Å²) in [6.07, 6.45) is 1.56. The number of nitrogens with zero attached hydrogens (tertiary/aromatic N) is 1. The van der Waals surface area contributed by atoms with Crippen molar-refractivity contribution in [2.24, 2.45) is 5.41 Å². The summed E-state index contributed by atoms with van der Waals surface area (Å²) in [4.78, 5) is 25.0. The van der Waals surface area contributed by atoms with Crippen LogP contribution in [0.1, 0.15) is 48.0 Å². The summed E-state index contributed by atoms with van der Waals surface area (Å²) >= 11 is 0. The van der Waals surface area contributed by atoms with E-state index in [1.54, 1.807) is 11.0 Å². The number of amides is 2. The Bertz CT molecular complexity index is 364. The highest BCUT2D eigenvalue weighted by Crippen LogP contribution is 2.23. The molecule has 0 saturated heterocycles. The number of hydrogen-bond acceptors (Lipinski definition) is 2. The number of carbonyl (C=O) groups is 2. The Labute approximate surface area is 122 Å². The fraction of sp³-hybridized carbons (Fsp3) is 0.733. The van der Waals surface area contributed by atoms with Gasteiger partial charge in [-0.25, -0.2) is 4.79 Å². The van der Waals surface area contributed by atoms with Crippen LogP contribution in [0.15, 0.2) is 12.7 Å². The molecule has 0 bridgehead atoms. The van der Waals surface area contributed by atoms with Gasteiger partial charge in [0.2, 0.25) is 0 Å². The van der Waals surface area contributed by atoms with Crippen LogP contribution in [0.25, 0.3) is 0 Å². The molecule has 1 atom stereocenters. The quantitative estimate of drug-likeness (QED) is 0.763. The van der Waals surface area contributed by atoms with E-state index in [0.29, 0.717) is 6.54 Å². The molecule has 0 saturated carbocycles. The van der Waals surface area contributed by atoms with Crippen molar-refractivity contribution in [1.82, 2.24) is 10.2 Å². The van der Waals surface area contributed by atoms with Crippen molar-refractivity contribution in [3.63, 3.8) is 0 Å². The molecule has 20 heavy (non-hydrogen) atoms. The summed E-state index contributed by atoms with van der Waals surface area (Å²) in [6, 6.07) is -0.694. The van der Waals surface area contributed by atoms with Crippen LogP contribution in [0.4, 0.5) is 4.79 Å². The first kappa shape index (κ1) is 18.5. The maximum Gasteiger partial charge on any atom is 0.318 e. The molecule has 0 spiro atoms. The zero-order valence-corrected chi connectivity index (χ0v) is 13.5. The highest BCUT2D eigenvalue weighted by Gasteiger charge is 2.32. The van der Waals surface area contributed by atoms with Crippen LogP contribution in [0, 0.1) is 5.41 Å². The second-order valence-electron chi connectivity index (χ2n) is 7.04. The smallest absolute Gasteiger partial charge is 0.318 e. The number of carbonyl (C=O) groups excluding carboxylic acids is 1. The molecule has 2 amide bonds. The molecule has 116 valence electrons. The van der Waals surface area contributed by atoms with Gasteiger partial charge in [0.15, 0.2) is 0 Å². The minimum Gasteiger partial charge on any atom is -0.481 e. The topological polar surface area (TPSA) is 69.6 Å². The van der Waals surface area contributed by atoms with Crippen molar-refractivity contribution < 1.29 is 14.7 Å². The monoisotopic (exact) mass is 284 g/mol. The third-order valence-corrected chi connectivity index (χ3v) is 3.09. The van der Waals surface area contributed by atoms with Gasteiger partial charge in [0, 0.05) is 18.1 Å². The second kappa shape index (κ2) is 6.77. The van der Waals surface area contributed by atoms with Crippen LogP contribution >= 0.6 is 0 Å². The van der Waals surface area contributed by atoms with Crippen LogP contribution in [0.2, 0.25) is 0 Å². The lowest BCUT2D eigenvalue weighted by Gasteiger charge is -2.38. The van der Waals surface area contributed by atoms with Gasteiger partial charge >= 0.3 is 12.0 Å². The molecule has 0 aliphatic heterocycles. The van der Waals surface area contributed by atoms with Crippen molar-refractivity contribution >= 4 is 12.0 Å². The van der Waals surface area contributed by atoms with E-state index in [1.807, 2.05) is 41.5 Å². The molecule has 0 aromatic carbocycles. The Balaban J connectivity index is 5.06. The lowest BCUT2D eigenvalue weighted by Crippen LogP contribution is -2.55. The van der Waals surface area contributed by atoms with Gasteiger partial charge < -0.3 is 15.3 Å². The summed E-state index contributed by atoms with van der Waals surface area (Å²) in [5.41, 5.74) is -0.685. The molecule has 0 aromatic heterocycles. The molecule has 0 aliphatic rings. The molecular formula is C15H28N2O3. The maximum atomic E-state index is 12.4. The van der Waals surface area contributed by atoms with Crippen LogP contribution in [-0.4, -0.2) is 40.1 Å². The van der Waals surface area contributed by atoms with Crippen molar-refractivity contribution in [2.75, 3.05) is 6.54 Å². The van der Waals surface area contributed by atoms with Crippen LogP contribution in [0.5, 0.6) is 0 Å². The van der Waals surface area contributed by atoms with E-state index < -0.39 is 12.0 Å². The molecular weight excluding hydrogens is 256 g/mol. The number of urea groups is 1. The number of nitrogens with one attached hydrogen (secondary N) is 1. The summed E-state index contributed by atoms with van der Waals surface area (Å²) in [6.45, 7) is 15.6. The highest BCUT2D eigenvalue weighted by molar-refractivity contribution is 5.77. The van der Waals surface area contributed by atoms with Crippen molar-refractivity contribution in [1.29, 1.82) is 0 Å². The predicted molar refractivity (Wildman–Crippen MR) is 80.7 cm³/mol. The number of rotatable bonds is 5. The Morgan fingerprint density at radius 2 is 1.75 bits per heavy atom. The standard InChI is InChI=1S/C15H28N2O3/c1-8-9-17(15(5,6)7)13(20)16-11(10-12(18)19)14(2,3)4/h8,11H,1,9-10H2,2-7H3,(H,16,20)(H,18,19). The lowest BCUT2D eigenvalue weighted by atomic mass is 9.85. The average molecular weight is 284 g/mol. The van der Waals surface area contributed by atoms with E-state index in [9.17, 15) is 9.59 Å². The summed E-state index contributed by atoms with van der Waals surface area (Å²) < 4.78 is 0. The van der Waals surface area contributed by atoms with Gasteiger partial charge in [0.05, 0.1) is 6.42 Å². The first-order valence-corrected chi connectivity index (χ1v) is 6.80. The number of carboxylic acids is 1. The first-order valence-electron chi connectivity index (χ1n) is 6.80. The fourth-order valence-corrected chi connectivity index (χ4v) is 1.77. The molecule has 0 rings (SSSR count). The van der Waals surface area contributed by atoms with Gasteiger partial charge in [-0.15, -0.1) is 6.58 Å². The largest absolute Gasteiger partial charge is 0.481 e. The Hall–Kier alpha value is -1.52. The van der Waals surface area contributed by atoms with Gasteiger partial charge in [0.25, 0.3) is 0 Å². The summed E-state index contributed by atoms with van der Waals surface area (Å²) in [5.74, 6) is -0.920. The van der Waals surface area contributed by atoms with Gasteiger partial charge in [-0.2, -0.15) is 0 Å². The number of aliphatic carboxylic acids is 1. The van der Waals surface area contributed by atoms with Crippen molar-refractivity contribution in [3.05, 3.63) is 12.7 Å². The van der Waals surface area contributed by atoms with E-state index in [-0.39, 0.29) is 23.4 Å². The molecule has 0 heterocycles. The zero-order chi connectivity index (χ0) is 16.1. The number of carboxylic acid groups (broad SMARTS) is 1. The molecule has 2 N–H and O–H groups in total. The minimum atomic E-state index is -0.920. The van der Waals surface area contributed by atoms with Crippen molar-refractivity contribution in [3.8, 4) is 0 Å². The summed E-state index contributed by atoms with van der Waals surface area (Å²) in [7, 11) is 0. The molecule has 5 heteroatoms. The van der Waals surface area contributed by atoms with Gasteiger partial charge in [-0.1, -0.05) is 26.8 Å². The second-order valence-corrected chi connectivity index (χ2v) is 7.04. The first-order chi connectivity index (χ1) is 8.89. The molecule has 5 nitrogen and oxygen atoms in total. The molecule has 0 aliphatic carbocycles. The normalized spacial score (nSPS) is 13.5. The van der Waals surface area contributed by atoms with Gasteiger partial charge in [0.1, 0.15) is 0 Å². The van der Waals surface area contributed by atoms with Crippen molar-refractivity contribution in [2.45, 2.75) is 59.5 Å². The molecule has 1 unspecified atom stereocenters. The van der Waals surface area contributed by atoms with E-state index >= 15 is 0 Å². The van der Waals surface area contributed by atoms with E-state index in [0.717, 1.165) is 0 Å². The maximum absolute atomic E-state index is 12.4. The third kappa shape index (κ3) is 6.08. The molecule has 0 aromatic rings. The lowest BCUT2D eigenvalue weighted by molar-refractivity contribution is -0.138. The van der Waals surface area contributed by atoms with Gasteiger partial charge in [-0.3, -0.25) is 4.79 Å². The zero-order valence-electron chi connectivity index (χ0n) is 13.5. The number of hydrogen-bond donors (Lipinski definition) is 2. The van der Waals surface area contributed by atoms with E-state index in [4.69, 9.17) is 5.11 Å². The van der Waals surface area contributed by atoms with E-state index in [1.165, 1.54) is 0 Å². The predicted octanol–water partition coefficient (Wildman–Crippen LogP) is 2.87. The van der Waals surface area contributed by atoms with E-state index in [2.05, 4.69) is 11.9 Å². The minimum absolute atomic E-state index is 0.0959. The Morgan fingerprint density at radius 1 is 1.25 bits per heavy atom. The van der Waals surface area contributed by atoms with Crippen LogP contribution < -0.4 is 5.32 Å². The fourth-order valence-electron chi connectivity index (χ4n) is 1.77. The van der Waals surface area contributed by atoms with Gasteiger partial charge in [-0.05, 0) is 26.2 Å².